The van der Waals surface area contributed by atoms with Gasteiger partial charge in [-0.25, -0.2) is 0 Å². The fourth-order valence-electron chi connectivity index (χ4n) is 2.20. The van der Waals surface area contributed by atoms with Crippen LogP contribution in [0.2, 0.25) is 0 Å². The minimum atomic E-state index is 0.100. The van der Waals surface area contributed by atoms with E-state index in [9.17, 15) is 4.79 Å². The van der Waals surface area contributed by atoms with E-state index in [0.717, 1.165) is 16.8 Å². The van der Waals surface area contributed by atoms with E-state index in [2.05, 4.69) is 50.1 Å². The van der Waals surface area contributed by atoms with Crippen LogP contribution in [0.4, 0.5) is 0 Å². The van der Waals surface area contributed by atoms with Crippen LogP contribution in [-0.2, 0) is 6.54 Å². The predicted molar refractivity (Wildman–Crippen MR) is 75.0 cm³/mol. The number of nitrogens with one attached hydrogen (secondary N) is 1. The number of rotatable bonds is 3. The van der Waals surface area contributed by atoms with Gasteiger partial charge < -0.3 is 0 Å². The van der Waals surface area contributed by atoms with Crippen LogP contribution < -0.4 is 5.56 Å². The maximum absolute atomic E-state index is 12.2. The molecule has 1 aromatic carbocycles. The molecule has 0 aliphatic rings. The highest BCUT2D eigenvalue weighted by atomic mass is 16.1. The molecule has 0 aliphatic carbocycles. The van der Waals surface area contributed by atoms with Crippen LogP contribution in [0.1, 0.15) is 37.8 Å². The van der Waals surface area contributed by atoms with Crippen molar-refractivity contribution in [1.29, 1.82) is 0 Å². The maximum Gasteiger partial charge on any atom is 0.270 e. The molecule has 3 heteroatoms. The smallest absolute Gasteiger partial charge is 0.270 e. The van der Waals surface area contributed by atoms with Gasteiger partial charge in [-0.1, -0.05) is 43.7 Å². The van der Waals surface area contributed by atoms with E-state index in [1.54, 1.807) is 4.68 Å². The van der Waals surface area contributed by atoms with E-state index in [1.165, 1.54) is 5.56 Å². The Balaban J connectivity index is 2.63. The summed E-state index contributed by atoms with van der Waals surface area (Å²) in [5.41, 5.74) is 4.23. The molecular weight excluding hydrogens is 224 g/mol. The molecule has 0 amide bonds. The number of benzene rings is 1. The summed E-state index contributed by atoms with van der Waals surface area (Å²) in [5.74, 6) is 0.220. The first kappa shape index (κ1) is 12.7. The number of aryl methyl sites for hydroxylation is 2. The van der Waals surface area contributed by atoms with E-state index in [1.807, 2.05) is 6.92 Å². The molecule has 0 saturated carbocycles. The molecule has 0 radical (unpaired) electrons. The zero-order chi connectivity index (χ0) is 13.3. The number of nitrogens with zero attached hydrogens (tertiary/aromatic N) is 1. The standard InChI is InChI=1S/C15H20N2O/c1-5-17-15(18)13(10(2)3)14(16-17)12-8-6-11(4)7-9-12/h6-10,16H,5H2,1-4H3. The third kappa shape index (κ3) is 2.13. The van der Waals surface area contributed by atoms with Crippen molar-refractivity contribution in [2.24, 2.45) is 0 Å². The first-order valence-electron chi connectivity index (χ1n) is 6.44. The molecule has 0 aliphatic heterocycles. The average molecular weight is 244 g/mol. The second-order valence-corrected chi connectivity index (χ2v) is 4.97. The highest BCUT2D eigenvalue weighted by Gasteiger charge is 2.17. The summed E-state index contributed by atoms with van der Waals surface area (Å²) in [5, 5.41) is 3.22. The quantitative estimate of drug-likeness (QED) is 0.883. The fourth-order valence-corrected chi connectivity index (χ4v) is 2.20. The number of H-pyrrole nitrogens is 1. The van der Waals surface area contributed by atoms with Gasteiger partial charge in [0.15, 0.2) is 0 Å². The first-order valence-corrected chi connectivity index (χ1v) is 6.44. The summed E-state index contributed by atoms with van der Waals surface area (Å²) in [6.45, 7) is 8.82. The SMILES string of the molecule is CCn1[nH]c(-c2ccc(C)cc2)c(C(C)C)c1=O. The molecule has 1 N–H and O–H groups in total. The monoisotopic (exact) mass is 244 g/mol. The minimum Gasteiger partial charge on any atom is -0.295 e. The van der Waals surface area contributed by atoms with Gasteiger partial charge in [0.25, 0.3) is 5.56 Å². The van der Waals surface area contributed by atoms with E-state index in [4.69, 9.17) is 0 Å². The van der Waals surface area contributed by atoms with Crippen molar-refractivity contribution in [3.8, 4) is 11.3 Å². The van der Waals surface area contributed by atoms with E-state index < -0.39 is 0 Å². The summed E-state index contributed by atoms with van der Waals surface area (Å²) in [6, 6.07) is 8.26. The van der Waals surface area contributed by atoms with Gasteiger partial charge >= 0.3 is 0 Å². The van der Waals surface area contributed by atoms with E-state index in [-0.39, 0.29) is 11.5 Å². The van der Waals surface area contributed by atoms with Gasteiger partial charge in [-0.05, 0) is 25.3 Å². The third-order valence-electron chi connectivity index (χ3n) is 3.23. The lowest BCUT2D eigenvalue weighted by atomic mass is 9.99. The summed E-state index contributed by atoms with van der Waals surface area (Å²) in [6.07, 6.45) is 0. The summed E-state index contributed by atoms with van der Waals surface area (Å²) >= 11 is 0. The zero-order valence-corrected chi connectivity index (χ0v) is 11.4. The van der Waals surface area contributed by atoms with E-state index >= 15 is 0 Å². The Morgan fingerprint density at radius 1 is 1.22 bits per heavy atom. The van der Waals surface area contributed by atoms with Crippen LogP contribution >= 0.6 is 0 Å². The van der Waals surface area contributed by atoms with Crippen LogP contribution in [0.25, 0.3) is 11.3 Å². The Hall–Kier alpha value is -1.77. The van der Waals surface area contributed by atoms with Crippen molar-refractivity contribution >= 4 is 0 Å². The molecule has 0 saturated heterocycles. The topological polar surface area (TPSA) is 37.8 Å². The largest absolute Gasteiger partial charge is 0.295 e. The molecule has 2 rings (SSSR count). The lowest BCUT2D eigenvalue weighted by Crippen LogP contribution is -2.18. The minimum absolute atomic E-state index is 0.100. The molecule has 2 aromatic rings. The Morgan fingerprint density at radius 3 is 2.33 bits per heavy atom. The highest BCUT2D eigenvalue weighted by Crippen LogP contribution is 2.25. The summed E-state index contributed by atoms with van der Waals surface area (Å²) < 4.78 is 1.67. The van der Waals surface area contributed by atoms with Crippen LogP contribution in [0.5, 0.6) is 0 Å². The number of aromatic nitrogens is 2. The van der Waals surface area contributed by atoms with Crippen molar-refractivity contribution in [2.75, 3.05) is 0 Å². The van der Waals surface area contributed by atoms with Gasteiger partial charge in [0.1, 0.15) is 0 Å². The Labute approximate surface area is 107 Å². The highest BCUT2D eigenvalue weighted by molar-refractivity contribution is 5.63. The van der Waals surface area contributed by atoms with Gasteiger partial charge in [0.2, 0.25) is 0 Å². The normalized spacial score (nSPS) is 11.2. The maximum atomic E-state index is 12.2. The molecule has 0 unspecified atom stereocenters. The average Bonchev–Trinajstić information content (AvgIpc) is 2.67. The number of hydrogen-bond acceptors (Lipinski definition) is 1. The fraction of sp³-hybridized carbons (Fsp3) is 0.400. The van der Waals surface area contributed by atoms with Crippen LogP contribution in [0.15, 0.2) is 29.1 Å². The molecule has 96 valence electrons. The van der Waals surface area contributed by atoms with Gasteiger partial charge in [-0.3, -0.25) is 14.6 Å². The van der Waals surface area contributed by atoms with Gasteiger partial charge in [-0.2, -0.15) is 0 Å². The predicted octanol–water partition coefficient (Wildman–Crippen LogP) is 3.30. The molecule has 18 heavy (non-hydrogen) atoms. The molecule has 0 atom stereocenters. The molecule has 0 bridgehead atoms. The van der Waals surface area contributed by atoms with E-state index in [0.29, 0.717) is 6.54 Å². The molecule has 1 aromatic heterocycles. The van der Waals surface area contributed by atoms with Crippen LogP contribution in [-0.4, -0.2) is 9.78 Å². The van der Waals surface area contributed by atoms with Gasteiger partial charge in [0.05, 0.1) is 5.69 Å². The van der Waals surface area contributed by atoms with Gasteiger partial charge in [-0.15, -0.1) is 0 Å². The third-order valence-corrected chi connectivity index (χ3v) is 3.23. The Bertz CT molecular complexity index is 588. The van der Waals surface area contributed by atoms with Crippen molar-refractivity contribution in [3.05, 3.63) is 45.7 Å². The number of hydrogen-bond donors (Lipinski definition) is 1. The molecular formula is C15H20N2O. The van der Waals surface area contributed by atoms with Crippen molar-refractivity contribution in [1.82, 2.24) is 9.78 Å². The lowest BCUT2D eigenvalue weighted by molar-refractivity contribution is 0.636. The zero-order valence-electron chi connectivity index (χ0n) is 11.4. The van der Waals surface area contributed by atoms with Crippen LogP contribution in [0, 0.1) is 6.92 Å². The van der Waals surface area contributed by atoms with Crippen molar-refractivity contribution in [2.45, 2.75) is 40.2 Å². The Kier molecular flexibility index (Phi) is 3.41. The molecule has 0 fully saturated rings. The van der Waals surface area contributed by atoms with Gasteiger partial charge in [0, 0.05) is 12.1 Å². The summed E-state index contributed by atoms with van der Waals surface area (Å²) in [7, 11) is 0. The van der Waals surface area contributed by atoms with Crippen LogP contribution in [0.3, 0.4) is 0 Å². The molecule has 1 heterocycles. The number of aromatic amines is 1. The lowest BCUT2D eigenvalue weighted by Gasteiger charge is -2.05. The molecule has 0 spiro atoms. The van der Waals surface area contributed by atoms with Crippen molar-refractivity contribution in [3.63, 3.8) is 0 Å². The Morgan fingerprint density at radius 2 is 1.83 bits per heavy atom. The molecule has 3 nitrogen and oxygen atoms in total. The second kappa shape index (κ2) is 4.84. The first-order chi connectivity index (χ1) is 8.54. The summed E-state index contributed by atoms with van der Waals surface area (Å²) in [4.78, 5) is 12.2. The van der Waals surface area contributed by atoms with Crippen molar-refractivity contribution < 1.29 is 0 Å². The second-order valence-electron chi connectivity index (χ2n) is 4.97.